The van der Waals surface area contributed by atoms with E-state index in [1.165, 1.54) is 12.0 Å². The number of benzene rings is 2. The molecule has 1 aromatic heterocycles. The molecule has 1 fully saturated rings. The smallest absolute Gasteiger partial charge is 0.290 e. The summed E-state index contributed by atoms with van der Waals surface area (Å²) in [6, 6.07) is 19.7. The van der Waals surface area contributed by atoms with Gasteiger partial charge in [0.15, 0.2) is 0 Å². The summed E-state index contributed by atoms with van der Waals surface area (Å²) in [4.78, 5) is 24.3. The van der Waals surface area contributed by atoms with Crippen molar-refractivity contribution in [1.82, 2.24) is 15.4 Å². The molecule has 1 N–H and O–H groups in total. The summed E-state index contributed by atoms with van der Waals surface area (Å²) in [7, 11) is 0. The standard InChI is InChI=1S/C25H27N5O/c1-2-19-11-13-20(14-12-19)18-26-29-24(31)23-17-22(21-9-5-3-6-10-21)27-25(28-23)30-15-7-4-8-16-30/h3,5-6,9-14,17-18H,2,4,7-8,15-16H2,1H3,(H,29,31)/b26-18+. The topological polar surface area (TPSA) is 70.5 Å². The van der Waals surface area contributed by atoms with Crippen LogP contribution in [0.2, 0.25) is 0 Å². The first kappa shape index (κ1) is 20.7. The van der Waals surface area contributed by atoms with Gasteiger partial charge in [-0.25, -0.2) is 15.4 Å². The summed E-state index contributed by atoms with van der Waals surface area (Å²) in [6.45, 7) is 3.93. The number of carbonyl (C=O) groups excluding carboxylic acids is 1. The number of hydrogen-bond acceptors (Lipinski definition) is 5. The van der Waals surface area contributed by atoms with Crippen molar-refractivity contribution in [2.24, 2.45) is 5.10 Å². The number of nitrogens with one attached hydrogen (secondary N) is 1. The number of piperidine rings is 1. The molecule has 3 aromatic rings. The molecule has 0 unspecified atom stereocenters. The van der Waals surface area contributed by atoms with Crippen LogP contribution < -0.4 is 10.3 Å². The summed E-state index contributed by atoms with van der Waals surface area (Å²) in [5.41, 5.74) is 6.81. The largest absolute Gasteiger partial charge is 0.341 e. The van der Waals surface area contributed by atoms with Crippen molar-refractivity contribution in [2.75, 3.05) is 18.0 Å². The predicted molar refractivity (Wildman–Crippen MR) is 124 cm³/mol. The monoisotopic (exact) mass is 413 g/mol. The van der Waals surface area contributed by atoms with Gasteiger partial charge in [-0.05, 0) is 42.9 Å². The van der Waals surface area contributed by atoms with Crippen LogP contribution in [0.15, 0.2) is 65.8 Å². The van der Waals surface area contributed by atoms with E-state index in [4.69, 9.17) is 4.98 Å². The molecule has 2 heterocycles. The highest BCUT2D eigenvalue weighted by atomic mass is 16.2. The number of anilines is 1. The number of nitrogens with zero attached hydrogens (tertiary/aromatic N) is 4. The van der Waals surface area contributed by atoms with Crippen LogP contribution in [0, 0.1) is 0 Å². The van der Waals surface area contributed by atoms with E-state index in [0.29, 0.717) is 11.6 Å². The Labute approximate surface area is 183 Å². The lowest BCUT2D eigenvalue weighted by atomic mass is 10.1. The summed E-state index contributed by atoms with van der Waals surface area (Å²) in [6.07, 6.45) is 6.08. The van der Waals surface area contributed by atoms with Crippen LogP contribution in [-0.2, 0) is 6.42 Å². The second-order valence-corrected chi connectivity index (χ2v) is 7.65. The maximum absolute atomic E-state index is 12.8. The molecule has 0 radical (unpaired) electrons. The molecule has 1 saturated heterocycles. The van der Waals surface area contributed by atoms with Gasteiger partial charge < -0.3 is 4.90 Å². The lowest BCUT2D eigenvalue weighted by molar-refractivity contribution is 0.0950. The van der Waals surface area contributed by atoms with Gasteiger partial charge in [-0.15, -0.1) is 0 Å². The average molecular weight is 414 g/mol. The highest BCUT2D eigenvalue weighted by Crippen LogP contribution is 2.22. The van der Waals surface area contributed by atoms with Crippen molar-refractivity contribution in [3.63, 3.8) is 0 Å². The Hall–Kier alpha value is -3.54. The van der Waals surface area contributed by atoms with Crippen LogP contribution in [0.4, 0.5) is 5.95 Å². The maximum atomic E-state index is 12.8. The SMILES string of the molecule is CCc1ccc(/C=N/NC(=O)c2cc(-c3ccccc3)nc(N3CCCCC3)n2)cc1. The molecule has 6 heteroatoms. The lowest BCUT2D eigenvalue weighted by Crippen LogP contribution is -2.32. The van der Waals surface area contributed by atoms with Gasteiger partial charge in [-0.1, -0.05) is 61.5 Å². The Morgan fingerprint density at radius 1 is 1.03 bits per heavy atom. The second-order valence-electron chi connectivity index (χ2n) is 7.65. The second kappa shape index (κ2) is 9.98. The van der Waals surface area contributed by atoms with Crippen molar-refractivity contribution < 1.29 is 4.79 Å². The number of amides is 1. The van der Waals surface area contributed by atoms with Crippen LogP contribution in [0.1, 0.15) is 47.8 Å². The van der Waals surface area contributed by atoms with Crippen LogP contribution in [0.3, 0.4) is 0 Å². The fourth-order valence-electron chi connectivity index (χ4n) is 3.61. The molecular weight excluding hydrogens is 386 g/mol. The van der Waals surface area contributed by atoms with Crippen molar-refractivity contribution in [1.29, 1.82) is 0 Å². The van der Waals surface area contributed by atoms with E-state index in [0.717, 1.165) is 49.2 Å². The first-order valence-corrected chi connectivity index (χ1v) is 10.8. The van der Waals surface area contributed by atoms with E-state index in [1.54, 1.807) is 12.3 Å². The van der Waals surface area contributed by atoms with Crippen LogP contribution >= 0.6 is 0 Å². The van der Waals surface area contributed by atoms with Gasteiger partial charge in [0, 0.05) is 18.7 Å². The van der Waals surface area contributed by atoms with Gasteiger partial charge in [0.2, 0.25) is 5.95 Å². The Bertz CT molecular complexity index is 1040. The van der Waals surface area contributed by atoms with Crippen LogP contribution in [0.5, 0.6) is 0 Å². The Kier molecular flexibility index (Phi) is 6.67. The third-order valence-corrected chi connectivity index (χ3v) is 5.42. The Morgan fingerprint density at radius 3 is 2.48 bits per heavy atom. The normalized spacial score (nSPS) is 14.0. The number of hydrazone groups is 1. The van der Waals surface area contributed by atoms with E-state index in [9.17, 15) is 4.79 Å². The number of aryl methyl sites for hydroxylation is 1. The van der Waals surface area contributed by atoms with Crippen LogP contribution in [0.25, 0.3) is 11.3 Å². The van der Waals surface area contributed by atoms with E-state index >= 15 is 0 Å². The zero-order valence-corrected chi connectivity index (χ0v) is 17.8. The van der Waals surface area contributed by atoms with Crippen molar-refractivity contribution >= 4 is 18.1 Å². The van der Waals surface area contributed by atoms with Crippen LogP contribution in [-0.4, -0.2) is 35.2 Å². The minimum atomic E-state index is -0.348. The Balaban J connectivity index is 1.56. The first-order chi connectivity index (χ1) is 15.2. The highest BCUT2D eigenvalue weighted by molar-refractivity contribution is 5.94. The van der Waals surface area contributed by atoms with E-state index in [1.807, 2.05) is 42.5 Å². The van der Waals surface area contributed by atoms with Gasteiger partial charge in [-0.2, -0.15) is 5.10 Å². The zero-order valence-electron chi connectivity index (χ0n) is 17.8. The van der Waals surface area contributed by atoms with E-state index in [-0.39, 0.29) is 5.91 Å². The molecule has 1 aliphatic rings. The highest BCUT2D eigenvalue weighted by Gasteiger charge is 2.18. The van der Waals surface area contributed by atoms with Gasteiger partial charge >= 0.3 is 0 Å². The van der Waals surface area contributed by atoms with Crippen molar-refractivity contribution in [3.8, 4) is 11.3 Å². The molecule has 0 atom stereocenters. The number of rotatable bonds is 6. The summed E-state index contributed by atoms with van der Waals surface area (Å²) < 4.78 is 0. The zero-order chi connectivity index (χ0) is 21.5. The minimum absolute atomic E-state index is 0.313. The molecule has 4 rings (SSSR count). The molecule has 1 aliphatic heterocycles. The summed E-state index contributed by atoms with van der Waals surface area (Å²) in [5, 5.41) is 4.12. The molecule has 0 spiro atoms. The number of aromatic nitrogens is 2. The number of carbonyl (C=O) groups is 1. The van der Waals surface area contributed by atoms with Gasteiger partial charge in [0.1, 0.15) is 5.69 Å². The maximum Gasteiger partial charge on any atom is 0.290 e. The molecule has 158 valence electrons. The lowest BCUT2D eigenvalue weighted by Gasteiger charge is -2.27. The molecule has 2 aromatic carbocycles. The molecule has 31 heavy (non-hydrogen) atoms. The molecule has 6 nitrogen and oxygen atoms in total. The quantitative estimate of drug-likeness (QED) is 0.478. The van der Waals surface area contributed by atoms with E-state index < -0.39 is 0 Å². The predicted octanol–water partition coefficient (Wildman–Crippen LogP) is 4.46. The van der Waals surface area contributed by atoms with Crippen molar-refractivity contribution in [3.05, 3.63) is 77.5 Å². The Morgan fingerprint density at radius 2 is 1.77 bits per heavy atom. The summed E-state index contributed by atoms with van der Waals surface area (Å²) >= 11 is 0. The minimum Gasteiger partial charge on any atom is -0.341 e. The van der Waals surface area contributed by atoms with Gasteiger partial charge in [0.05, 0.1) is 11.9 Å². The van der Waals surface area contributed by atoms with Gasteiger partial charge in [0.25, 0.3) is 5.91 Å². The number of hydrogen-bond donors (Lipinski definition) is 1. The third kappa shape index (κ3) is 5.34. The fourth-order valence-corrected chi connectivity index (χ4v) is 3.61. The average Bonchev–Trinajstić information content (AvgIpc) is 2.85. The molecule has 0 bridgehead atoms. The molecule has 0 aliphatic carbocycles. The van der Waals surface area contributed by atoms with Gasteiger partial charge in [-0.3, -0.25) is 4.79 Å². The fraction of sp³-hybridized carbons (Fsp3) is 0.280. The first-order valence-electron chi connectivity index (χ1n) is 10.8. The molecule has 0 saturated carbocycles. The third-order valence-electron chi connectivity index (χ3n) is 5.42. The van der Waals surface area contributed by atoms with Crippen molar-refractivity contribution in [2.45, 2.75) is 32.6 Å². The summed E-state index contributed by atoms with van der Waals surface area (Å²) in [5.74, 6) is 0.254. The molecule has 1 amide bonds. The van der Waals surface area contributed by atoms with E-state index in [2.05, 4.69) is 39.5 Å². The molecular formula is C25H27N5O.